The van der Waals surface area contributed by atoms with E-state index < -0.39 is 5.97 Å². The van der Waals surface area contributed by atoms with Crippen LogP contribution >= 0.6 is 0 Å². The van der Waals surface area contributed by atoms with Crippen LogP contribution in [-0.4, -0.2) is 36.4 Å². The van der Waals surface area contributed by atoms with Crippen molar-refractivity contribution in [3.63, 3.8) is 0 Å². The van der Waals surface area contributed by atoms with Crippen molar-refractivity contribution in [2.75, 3.05) is 14.2 Å². The van der Waals surface area contributed by atoms with E-state index in [1.54, 1.807) is 43.5 Å². The number of methoxy groups -OCH3 is 2. The number of benzene rings is 2. The lowest BCUT2D eigenvalue weighted by atomic mass is 10.0. The summed E-state index contributed by atoms with van der Waals surface area (Å²) in [6, 6.07) is 12.2. The molecule has 1 N–H and O–H groups in total. The molecule has 140 valence electrons. The van der Waals surface area contributed by atoms with Crippen molar-refractivity contribution in [1.82, 2.24) is 4.98 Å². The molecule has 3 aromatic rings. The monoisotopic (exact) mass is 367 g/mol. The second kappa shape index (κ2) is 7.53. The molecule has 0 unspecified atom stereocenters. The van der Waals surface area contributed by atoms with Gasteiger partial charge in [0.1, 0.15) is 11.3 Å². The van der Waals surface area contributed by atoms with Gasteiger partial charge in [-0.2, -0.15) is 0 Å². The Morgan fingerprint density at radius 1 is 1.00 bits per heavy atom. The number of hydrogen-bond acceptors (Lipinski definition) is 5. The van der Waals surface area contributed by atoms with E-state index in [1.807, 2.05) is 19.9 Å². The Kier molecular flexibility index (Phi) is 5.16. The topological polar surface area (TPSA) is 77.9 Å². The van der Waals surface area contributed by atoms with Crippen LogP contribution < -0.4 is 14.2 Å². The zero-order chi connectivity index (χ0) is 19.6. The largest absolute Gasteiger partial charge is 0.494 e. The summed E-state index contributed by atoms with van der Waals surface area (Å²) in [5.41, 5.74) is 1.89. The first-order chi connectivity index (χ1) is 12.9. The predicted molar refractivity (Wildman–Crippen MR) is 103 cm³/mol. The van der Waals surface area contributed by atoms with Gasteiger partial charge < -0.3 is 19.3 Å². The maximum absolute atomic E-state index is 11.8. The normalized spacial score (nSPS) is 10.9. The van der Waals surface area contributed by atoms with Crippen molar-refractivity contribution in [2.45, 2.75) is 20.0 Å². The molecule has 0 saturated heterocycles. The van der Waals surface area contributed by atoms with Crippen LogP contribution in [0, 0.1) is 0 Å². The quantitative estimate of drug-likeness (QED) is 0.695. The zero-order valence-electron chi connectivity index (χ0n) is 15.6. The van der Waals surface area contributed by atoms with Crippen molar-refractivity contribution in [2.24, 2.45) is 0 Å². The molecule has 0 spiro atoms. The van der Waals surface area contributed by atoms with Crippen LogP contribution in [0.25, 0.3) is 22.2 Å². The second-order valence-electron chi connectivity index (χ2n) is 6.25. The summed E-state index contributed by atoms with van der Waals surface area (Å²) in [7, 11) is 3.09. The van der Waals surface area contributed by atoms with E-state index in [-0.39, 0.29) is 11.7 Å². The SMILES string of the molecule is COc1cc(-c2cc(C(=O)O)c3cccc(OC)c3n2)ccc1OC(C)C. The molecule has 0 aliphatic carbocycles. The van der Waals surface area contributed by atoms with Gasteiger partial charge in [0.2, 0.25) is 0 Å². The molecule has 6 nitrogen and oxygen atoms in total. The molecule has 0 amide bonds. The van der Waals surface area contributed by atoms with Gasteiger partial charge in [-0.1, -0.05) is 12.1 Å². The number of para-hydroxylation sites is 1. The minimum absolute atomic E-state index is 0.00594. The summed E-state index contributed by atoms with van der Waals surface area (Å²) < 4.78 is 16.5. The lowest BCUT2D eigenvalue weighted by Gasteiger charge is -2.15. The Morgan fingerprint density at radius 3 is 2.37 bits per heavy atom. The first-order valence-electron chi connectivity index (χ1n) is 8.50. The Hall–Kier alpha value is -3.28. The third-order valence-corrected chi connectivity index (χ3v) is 4.07. The molecule has 0 saturated carbocycles. The average Bonchev–Trinajstić information content (AvgIpc) is 2.66. The van der Waals surface area contributed by atoms with Gasteiger partial charge in [0.25, 0.3) is 0 Å². The number of fused-ring (bicyclic) bond motifs is 1. The zero-order valence-corrected chi connectivity index (χ0v) is 15.6. The lowest BCUT2D eigenvalue weighted by molar-refractivity contribution is 0.0699. The molecular weight excluding hydrogens is 346 g/mol. The lowest BCUT2D eigenvalue weighted by Crippen LogP contribution is -2.06. The van der Waals surface area contributed by atoms with Crippen molar-refractivity contribution in [1.29, 1.82) is 0 Å². The highest BCUT2D eigenvalue weighted by atomic mass is 16.5. The molecule has 1 heterocycles. The summed E-state index contributed by atoms with van der Waals surface area (Å²) >= 11 is 0. The number of pyridine rings is 1. The van der Waals surface area contributed by atoms with Gasteiger partial charge in [0.05, 0.1) is 31.6 Å². The number of nitrogens with zero attached hydrogens (tertiary/aromatic N) is 1. The van der Waals surface area contributed by atoms with Gasteiger partial charge >= 0.3 is 5.97 Å². The molecule has 0 bridgehead atoms. The van der Waals surface area contributed by atoms with Gasteiger partial charge in [-0.15, -0.1) is 0 Å². The van der Waals surface area contributed by atoms with Crippen LogP contribution in [0.15, 0.2) is 42.5 Å². The van der Waals surface area contributed by atoms with Gasteiger partial charge in [-0.25, -0.2) is 9.78 Å². The van der Waals surface area contributed by atoms with Crippen molar-refractivity contribution >= 4 is 16.9 Å². The van der Waals surface area contributed by atoms with E-state index in [9.17, 15) is 9.90 Å². The molecule has 27 heavy (non-hydrogen) atoms. The fraction of sp³-hybridized carbons (Fsp3) is 0.238. The summed E-state index contributed by atoms with van der Waals surface area (Å²) in [5, 5.41) is 10.2. The fourth-order valence-electron chi connectivity index (χ4n) is 2.89. The maximum atomic E-state index is 11.8. The third kappa shape index (κ3) is 3.65. The first-order valence-corrected chi connectivity index (χ1v) is 8.50. The molecular formula is C21H21NO5. The summed E-state index contributed by atoms with van der Waals surface area (Å²) in [6.07, 6.45) is 0.00594. The van der Waals surface area contributed by atoms with Crippen LogP contribution in [-0.2, 0) is 0 Å². The van der Waals surface area contributed by atoms with Gasteiger partial charge in [0.15, 0.2) is 11.5 Å². The highest BCUT2D eigenvalue weighted by Crippen LogP contribution is 2.35. The Bertz CT molecular complexity index is 997. The third-order valence-electron chi connectivity index (χ3n) is 4.07. The van der Waals surface area contributed by atoms with Crippen LogP contribution in [0.4, 0.5) is 0 Å². The maximum Gasteiger partial charge on any atom is 0.336 e. The van der Waals surface area contributed by atoms with Crippen LogP contribution in [0.2, 0.25) is 0 Å². The number of carboxylic acid groups (broad SMARTS) is 1. The van der Waals surface area contributed by atoms with Gasteiger partial charge in [-0.3, -0.25) is 0 Å². The molecule has 6 heteroatoms. The molecule has 0 aliphatic heterocycles. The van der Waals surface area contributed by atoms with E-state index in [0.29, 0.717) is 33.8 Å². The van der Waals surface area contributed by atoms with E-state index in [1.165, 1.54) is 7.11 Å². The number of carboxylic acids is 1. The van der Waals surface area contributed by atoms with Gasteiger partial charge in [-0.05, 0) is 44.2 Å². The molecule has 0 fully saturated rings. The van der Waals surface area contributed by atoms with Crippen LogP contribution in [0.3, 0.4) is 0 Å². The molecule has 0 atom stereocenters. The fourth-order valence-corrected chi connectivity index (χ4v) is 2.89. The van der Waals surface area contributed by atoms with E-state index in [4.69, 9.17) is 14.2 Å². The molecule has 0 aliphatic rings. The Balaban J connectivity index is 2.21. The molecule has 3 rings (SSSR count). The highest BCUT2D eigenvalue weighted by molar-refractivity contribution is 6.05. The summed E-state index contributed by atoms with van der Waals surface area (Å²) in [5.74, 6) is 0.667. The first kappa shape index (κ1) is 18.5. The smallest absolute Gasteiger partial charge is 0.336 e. The van der Waals surface area contributed by atoms with E-state index >= 15 is 0 Å². The Labute approximate surface area is 157 Å². The van der Waals surface area contributed by atoms with Crippen LogP contribution in [0.1, 0.15) is 24.2 Å². The molecule has 0 radical (unpaired) electrons. The summed E-state index contributed by atoms with van der Waals surface area (Å²) in [6.45, 7) is 3.87. The van der Waals surface area contributed by atoms with Gasteiger partial charge in [0, 0.05) is 10.9 Å². The average molecular weight is 367 g/mol. The number of hydrogen-bond donors (Lipinski definition) is 1. The van der Waals surface area contributed by atoms with Crippen molar-refractivity contribution in [3.05, 3.63) is 48.0 Å². The molecule has 2 aromatic carbocycles. The second-order valence-corrected chi connectivity index (χ2v) is 6.25. The van der Waals surface area contributed by atoms with E-state index in [0.717, 1.165) is 5.56 Å². The number of ether oxygens (including phenoxy) is 3. The van der Waals surface area contributed by atoms with Crippen LogP contribution in [0.5, 0.6) is 17.2 Å². The number of rotatable bonds is 6. The number of aromatic nitrogens is 1. The summed E-state index contributed by atoms with van der Waals surface area (Å²) in [4.78, 5) is 16.4. The van der Waals surface area contributed by atoms with E-state index in [2.05, 4.69) is 4.98 Å². The minimum atomic E-state index is -1.02. The standard InChI is InChI=1S/C21H21NO5/c1-12(2)27-17-9-8-13(10-19(17)26-4)16-11-15(21(23)24)14-6-5-7-18(25-3)20(14)22-16/h5-12H,1-4H3,(H,23,24). The number of carbonyl (C=O) groups is 1. The molecule has 1 aromatic heterocycles. The van der Waals surface area contributed by atoms with Crippen molar-refractivity contribution in [3.8, 4) is 28.5 Å². The highest BCUT2D eigenvalue weighted by Gasteiger charge is 2.17. The Morgan fingerprint density at radius 2 is 1.74 bits per heavy atom. The predicted octanol–water partition coefficient (Wildman–Crippen LogP) is 4.40. The van der Waals surface area contributed by atoms with Crippen molar-refractivity contribution < 1.29 is 24.1 Å². The number of aromatic carboxylic acids is 1. The minimum Gasteiger partial charge on any atom is -0.494 e.